The predicted octanol–water partition coefficient (Wildman–Crippen LogP) is 3.67. The number of nitrogens with zero attached hydrogens (tertiary/aromatic N) is 1. The zero-order chi connectivity index (χ0) is 13.6. The third kappa shape index (κ3) is 4.55. The molecule has 2 atom stereocenters. The molecule has 0 aromatic rings. The molecule has 0 amide bonds. The highest BCUT2D eigenvalue weighted by Crippen LogP contribution is 2.37. The monoisotopic (exact) mass is 254 g/mol. The first-order valence-electron chi connectivity index (χ1n) is 8.01. The van der Waals surface area contributed by atoms with E-state index in [0.29, 0.717) is 11.5 Å². The fourth-order valence-corrected chi connectivity index (χ4v) is 3.35. The SMILES string of the molecule is CCCNC1CCC(C)(C)CC1N(CC)CCC. The largest absolute Gasteiger partial charge is 0.312 e. The van der Waals surface area contributed by atoms with Crippen molar-refractivity contribution in [1.29, 1.82) is 0 Å². The summed E-state index contributed by atoms with van der Waals surface area (Å²) in [6.07, 6.45) is 6.58. The normalized spacial score (nSPS) is 27.7. The van der Waals surface area contributed by atoms with Crippen LogP contribution in [-0.4, -0.2) is 36.6 Å². The first-order valence-corrected chi connectivity index (χ1v) is 8.01. The number of hydrogen-bond donors (Lipinski definition) is 1. The minimum absolute atomic E-state index is 0.524. The van der Waals surface area contributed by atoms with Crippen LogP contribution in [0.15, 0.2) is 0 Å². The van der Waals surface area contributed by atoms with Crippen LogP contribution in [-0.2, 0) is 0 Å². The Kier molecular flexibility index (Phi) is 6.65. The average molecular weight is 254 g/mol. The van der Waals surface area contributed by atoms with E-state index < -0.39 is 0 Å². The second-order valence-electron chi connectivity index (χ2n) is 6.66. The van der Waals surface area contributed by atoms with Gasteiger partial charge in [-0.2, -0.15) is 0 Å². The maximum Gasteiger partial charge on any atom is 0.0254 e. The lowest BCUT2D eigenvalue weighted by atomic mass is 9.72. The van der Waals surface area contributed by atoms with Crippen molar-refractivity contribution >= 4 is 0 Å². The van der Waals surface area contributed by atoms with Crippen molar-refractivity contribution in [2.45, 2.75) is 78.8 Å². The molecule has 0 bridgehead atoms. The van der Waals surface area contributed by atoms with Gasteiger partial charge in [-0.1, -0.05) is 34.6 Å². The van der Waals surface area contributed by atoms with Gasteiger partial charge in [-0.05, 0) is 57.2 Å². The summed E-state index contributed by atoms with van der Waals surface area (Å²) in [5.41, 5.74) is 0.524. The van der Waals surface area contributed by atoms with Crippen LogP contribution in [0.4, 0.5) is 0 Å². The predicted molar refractivity (Wildman–Crippen MR) is 81.0 cm³/mol. The molecule has 0 spiro atoms. The van der Waals surface area contributed by atoms with E-state index in [4.69, 9.17) is 0 Å². The number of nitrogens with one attached hydrogen (secondary N) is 1. The smallest absolute Gasteiger partial charge is 0.0254 e. The van der Waals surface area contributed by atoms with Crippen LogP contribution >= 0.6 is 0 Å². The summed E-state index contributed by atoms with van der Waals surface area (Å²) in [4.78, 5) is 2.70. The van der Waals surface area contributed by atoms with Gasteiger partial charge in [0.1, 0.15) is 0 Å². The molecule has 1 N–H and O–H groups in total. The first-order chi connectivity index (χ1) is 8.54. The van der Waals surface area contributed by atoms with E-state index in [1.807, 2.05) is 0 Å². The number of rotatable bonds is 7. The minimum Gasteiger partial charge on any atom is -0.312 e. The summed E-state index contributed by atoms with van der Waals surface area (Å²) in [6.45, 7) is 15.4. The summed E-state index contributed by atoms with van der Waals surface area (Å²) in [7, 11) is 0. The standard InChI is InChI=1S/C16H34N2/c1-6-11-17-14-9-10-16(4,5)13-15(14)18(8-3)12-7-2/h14-15,17H,6-13H2,1-5H3. The third-order valence-corrected chi connectivity index (χ3v) is 4.40. The van der Waals surface area contributed by atoms with Gasteiger partial charge in [0.15, 0.2) is 0 Å². The molecule has 0 aromatic carbocycles. The van der Waals surface area contributed by atoms with Crippen molar-refractivity contribution < 1.29 is 0 Å². The fraction of sp³-hybridized carbons (Fsp3) is 1.00. The van der Waals surface area contributed by atoms with E-state index in [1.165, 1.54) is 51.7 Å². The molecule has 1 aliphatic carbocycles. The maximum absolute atomic E-state index is 3.79. The van der Waals surface area contributed by atoms with Crippen LogP contribution in [0.25, 0.3) is 0 Å². The number of likely N-dealkylation sites (N-methyl/N-ethyl adjacent to an activating group) is 1. The summed E-state index contributed by atoms with van der Waals surface area (Å²) in [5, 5.41) is 3.79. The highest BCUT2D eigenvalue weighted by molar-refractivity contribution is 4.94. The van der Waals surface area contributed by atoms with Crippen molar-refractivity contribution in [2.75, 3.05) is 19.6 Å². The molecule has 1 aliphatic rings. The lowest BCUT2D eigenvalue weighted by Gasteiger charge is -2.46. The second-order valence-corrected chi connectivity index (χ2v) is 6.66. The Morgan fingerprint density at radius 2 is 1.89 bits per heavy atom. The summed E-state index contributed by atoms with van der Waals surface area (Å²) in [6, 6.07) is 1.45. The Morgan fingerprint density at radius 1 is 1.17 bits per heavy atom. The third-order valence-electron chi connectivity index (χ3n) is 4.40. The molecule has 0 aromatic heterocycles. The lowest BCUT2D eigenvalue weighted by Crippen LogP contribution is -2.55. The van der Waals surface area contributed by atoms with Crippen LogP contribution < -0.4 is 5.32 Å². The fourth-order valence-electron chi connectivity index (χ4n) is 3.35. The zero-order valence-corrected chi connectivity index (χ0v) is 13.3. The van der Waals surface area contributed by atoms with Gasteiger partial charge in [0.25, 0.3) is 0 Å². The van der Waals surface area contributed by atoms with E-state index in [-0.39, 0.29) is 0 Å². The molecule has 108 valence electrons. The minimum atomic E-state index is 0.524. The molecule has 18 heavy (non-hydrogen) atoms. The Bertz CT molecular complexity index is 225. The molecule has 0 saturated heterocycles. The molecule has 2 unspecified atom stereocenters. The highest BCUT2D eigenvalue weighted by Gasteiger charge is 2.36. The molecule has 0 heterocycles. The topological polar surface area (TPSA) is 15.3 Å². The van der Waals surface area contributed by atoms with E-state index in [0.717, 1.165) is 6.04 Å². The van der Waals surface area contributed by atoms with Gasteiger partial charge in [-0.25, -0.2) is 0 Å². The molecule has 1 fully saturated rings. The summed E-state index contributed by atoms with van der Waals surface area (Å²) in [5.74, 6) is 0. The second kappa shape index (κ2) is 7.49. The molecular formula is C16H34N2. The van der Waals surface area contributed by atoms with Crippen molar-refractivity contribution in [2.24, 2.45) is 5.41 Å². The molecule has 1 saturated carbocycles. The molecule has 0 aliphatic heterocycles. The quantitative estimate of drug-likeness (QED) is 0.746. The van der Waals surface area contributed by atoms with Crippen molar-refractivity contribution in [3.05, 3.63) is 0 Å². The Labute approximate surface area is 115 Å². The van der Waals surface area contributed by atoms with Gasteiger partial charge in [0, 0.05) is 12.1 Å². The van der Waals surface area contributed by atoms with Gasteiger partial charge in [-0.15, -0.1) is 0 Å². The summed E-state index contributed by atoms with van der Waals surface area (Å²) < 4.78 is 0. The summed E-state index contributed by atoms with van der Waals surface area (Å²) >= 11 is 0. The Balaban J connectivity index is 2.69. The number of hydrogen-bond acceptors (Lipinski definition) is 2. The van der Waals surface area contributed by atoms with Gasteiger partial charge >= 0.3 is 0 Å². The van der Waals surface area contributed by atoms with Crippen LogP contribution in [0.3, 0.4) is 0 Å². The van der Waals surface area contributed by atoms with E-state index >= 15 is 0 Å². The van der Waals surface area contributed by atoms with Crippen LogP contribution in [0.2, 0.25) is 0 Å². The van der Waals surface area contributed by atoms with Crippen molar-refractivity contribution in [3.63, 3.8) is 0 Å². The lowest BCUT2D eigenvalue weighted by molar-refractivity contribution is 0.0682. The van der Waals surface area contributed by atoms with Crippen molar-refractivity contribution in [1.82, 2.24) is 10.2 Å². The van der Waals surface area contributed by atoms with Crippen LogP contribution in [0.5, 0.6) is 0 Å². The van der Waals surface area contributed by atoms with Gasteiger partial charge in [0.2, 0.25) is 0 Å². The average Bonchev–Trinajstić information content (AvgIpc) is 2.34. The van der Waals surface area contributed by atoms with E-state index in [9.17, 15) is 0 Å². The highest BCUT2D eigenvalue weighted by atomic mass is 15.2. The molecular weight excluding hydrogens is 220 g/mol. The van der Waals surface area contributed by atoms with E-state index in [1.54, 1.807) is 0 Å². The Hall–Kier alpha value is -0.0800. The maximum atomic E-state index is 3.79. The first kappa shape index (κ1) is 16.0. The van der Waals surface area contributed by atoms with Gasteiger partial charge in [-0.3, -0.25) is 4.90 Å². The van der Waals surface area contributed by atoms with Crippen LogP contribution in [0, 0.1) is 5.41 Å². The zero-order valence-electron chi connectivity index (χ0n) is 13.3. The van der Waals surface area contributed by atoms with E-state index in [2.05, 4.69) is 44.8 Å². The van der Waals surface area contributed by atoms with Crippen molar-refractivity contribution in [3.8, 4) is 0 Å². The molecule has 2 nitrogen and oxygen atoms in total. The van der Waals surface area contributed by atoms with Gasteiger partial charge < -0.3 is 5.32 Å². The Morgan fingerprint density at radius 3 is 2.44 bits per heavy atom. The molecule has 1 rings (SSSR count). The van der Waals surface area contributed by atoms with Gasteiger partial charge in [0.05, 0.1) is 0 Å². The molecule has 0 radical (unpaired) electrons. The molecule has 2 heteroatoms. The van der Waals surface area contributed by atoms with Crippen LogP contribution in [0.1, 0.15) is 66.7 Å².